The van der Waals surface area contributed by atoms with Gasteiger partial charge in [-0.15, -0.1) is 9.45 Å². The van der Waals surface area contributed by atoms with Crippen molar-refractivity contribution in [1.29, 1.82) is 0 Å². The van der Waals surface area contributed by atoms with Gasteiger partial charge in [0.25, 0.3) is 16.0 Å². The first kappa shape index (κ1) is 31.4. The first-order valence-corrected chi connectivity index (χ1v) is 14.6. The molecule has 0 aliphatic rings. The number of amides is 1. The van der Waals surface area contributed by atoms with Crippen LogP contribution >= 0.6 is 12.3 Å². The van der Waals surface area contributed by atoms with Crippen molar-refractivity contribution in [2.75, 3.05) is 50.0 Å². The molecule has 0 saturated heterocycles. The van der Waals surface area contributed by atoms with Gasteiger partial charge < -0.3 is 15.0 Å². The average Bonchev–Trinajstić information content (AvgIpc) is 2.88. The second-order valence-corrected chi connectivity index (χ2v) is 11.7. The Bertz CT molecular complexity index is 1320. The molecule has 1 amide bonds. The van der Waals surface area contributed by atoms with Crippen LogP contribution in [-0.4, -0.2) is 82.1 Å². The number of nitrogens with zero attached hydrogens (tertiary/aromatic N) is 3. The minimum Gasteiger partial charge on any atom is -0.494 e. The summed E-state index contributed by atoms with van der Waals surface area (Å²) < 4.78 is 68.9. The highest BCUT2D eigenvalue weighted by atomic mass is 32.2. The van der Waals surface area contributed by atoms with Gasteiger partial charge in [0.2, 0.25) is 0 Å². The van der Waals surface area contributed by atoms with E-state index >= 15 is 0 Å². The SMILES string of the molecule is COc1cc(NCS(=O)(=O)O)ccc1/N=N/c1cccc(C(=O)N(C)CCS(=O)(=O)CCOSOOO)c1. The van der Waals surface area contributed by atoms with Crippen LogP contribution in [0.4, 0.5) is 17.1 Å². The van der Waals surface area contributed by atoms with E-state index in [-0.39, 0.29) is 48.3 Å². The molecule has 210 valence electrons. The Morgan fingerprint density at radius 1 is 1.11 bits per heavy atom. The van der Waals surface area contributed by atoms with Gasteiger partial charge in [-0.25, -0.2) is 13.7 Å². The van der Waals surface area contributed by atoms with Crippen molar-refractivity contribution >= 4 is 55.2 Å². The summed E-state index contributed by atoms with van der Waals surface area (Å²) in [6.07, 6.45) is 0. The monoisotopic (exact) mass is 594 g/mol. The predicted molar refractivity (Wildman–Crippen MR) is 138 cm³/mol. The van der Waals surface area contributed by atoms with E-state index in [4.69, 9.17) is 18.7 Å². The number of benzene rings is 2. The summed E-state index contributed by atoms with van der Waals surface area (Å²) >= 11 is 0.274. The van der Waals surface area contributed by atoms with Gasteiger partial charge in [-0.1, -0.05) is 11.1 Å². The van der Waals surface area contributed by atoms with Gasteiger partial charge in [0.1, 0.15) is 17.3 Å². The molecule has 0 bridgehead atoms. The Morgan fingerprint density at radius 2 is 1.87 bits per heavy atom. The van der Waals surface area contributed by atoms with Crippen molar-refractivity contribution in [3.8, 4) is 5.75 Å². The largest absolute Gasteiger partial charge is 0.494 e. The van der Waals surface area contributed by atoms with Crippen LogP contribution in [0.1, 0.15) is 10.4 Å². The molecule has 0 aromatic heterocycles. The topological polar surface area (TPSA) is 203 Å². The molecule has 0 fully saturated rings. The van der Waals surface area contributed by atoms with E-state index in [0.717, 1.165) is 0 Å². The average molecular weight is 595 g/mol. The lowest BCUT2D eigenvalue weighted by atomic mass is 10.2. The zero-order valence-corrected chi connectivity index (χ0v) is 22.7. The van der Waals surface area contributed by atoms with Crippen LogP contribution in [0.5, 0.6) is 5.75 Å². The third-order valence-electron chi connectivity index (χ3n) is 4.67. The Labute approximate surface area is 223 Å². The molecule has 2 aromatic rings. The van der Waals surface area contributed by atoms with Gasteiger partial charge in [-0.3, -0.25) is 13.5 Å². The zero-order chi connectivity index (χ0) is 28.2. The summed E-state index contributed by atoms with van der Waals surface area (Å²) in [7, 11) is -4.88. The Kier molecular flexibility index (Phi) is 12.3. The fraction of sp³-hybridized carbons (Fsp3) is 0.350. The lowest BCUT2D eigenvalue weighted by Gasteiger charge is -2.17. The summed E-state index contributed by atoms with van der Waals surface area (Å²) in [6.45, 7) is -0.277. The van der Waals surface area contributed by atoms with Crippen molar-refractivity contribution in [2.24, 2.45) is 10.2 Å². The van der Waals surface area contributed by atoms with Gasteiger partial charge in [0, 0.05) is 30.9 Å². The van der Waals surface area contributed by atoms with E-state index in [1.165, 1.54) is 43.3 Å². The van der Waals surface area contributed by atoms with Gasteiger partial charge in [-0.2, -0.15) is 13.5 Å². The summed E-state index contributed by atoms with van der Waals surface area (Å²) in [5, 5.41) is 22.0. The van der Waals surface area contributed by atoms with Gasteiger partial charge in [-0.05, 0) is 30.3 Å². The Morgan fingerprint density at radius 3 is 2.55 bits per heavy atom. The number of hydrogen-bond acceptors (Lipinski definition) is 14. The molecule has 0 atom stereocenters. The number of rotatable bonds is 16. The van der Waals surface area contributed by atoms with Crippen molar-refractivity contribution < 1.29 is 49.7 Å². The van der Waals surface area contributed by atoms with Gasteiger partial charge >= 0.3 is 0 Å². The minimum absolute atomic E-state index is 0.0640. The highest BCUT2D eigenvalue weighted by Crippen LogP contribution is 2.32. The molecular weight excluding hydrogens is 568 g/mol. The molecule has 0 saturated carbocycles. The van der Waals surface area contributed by atoms with E-state index < -0.39 is 31.7 Å². The molecule has 0 radical (unpaired) electrons. The lowest BCUT2D eigenvalue weighted by Crippen LogP contribution is -2.32. The molecule has 0 aliphatic carbocycles. The number of azo groups is 1. The molecule has 0 heterocycles. The molecule has 38 heavy (non-hydrogen) atoms. The molecule has 0 spiro atoms. The highest BCUT2D eigenvalue weighted by molar-refractivity contribution is 7.91. The standard InChI is InChI=1S/C20H26N4O11S3/c1-24(8-10-37(27,28)11-9-33-36-35-34-26)20(25)15-4-3-5-17(12-15)22-23-18-7-6-16(13-19(18)32-2)21-14-38(29,30)31/h3-7,12-13,21,26H,8-11,14H2,1-2H3,(H,29,30,31)/b23-22+. The Balaban J connectivity index is 2.01. The smallest absolute Gasteiger partial charge is 0.283 e. The molecule has 3 N–H and O–H groups in total. The molecule has 18 heteroatoms. The quantitative estimate of drug-likeness (QED) is 0.0640. The summed E-state index contributed by atoms with van der Waals surface area (Å²) in [5.74, 6) is -1.45. The van der Waals surface area contributed by atoms with Crippen LogP contribution in [0, 0.1) is 0 Å². The summed E-state index contributed by atoms with van der Waals surface area (Å²) in [5.41, 5.74) is 1.30. The molecule has 2 aromatic carbocycles. The number of sulfone groups is 1. The van der Waals surface area contributed by atoms with Crippen molar-refractivity contribution in [1.82, 2.24) is 4.90 Å². The number of ether oxygens (including phenoxy) is 1. The maximum Gasteiger partial charge on any atom is 0.283 e. The third-order valence-corrected chi connectivity index (χ3v) is 7.15. The number of carbonyl (C=O) groups excluding carboxylic acids is 1. The van der Waals surface area contributed by atoms with Crippen molar-refractivity contribution in [2.45, 2.75) is 0 Å². The fourth-order valence-corrected chi connectivity index (χ4v) is 4.55. The molecule has 0 aliphatic heterocycles. The summed E-state index contributed by atoms with van der Waals surface area (Å²) in [6, 6.07) is 10.8. The zero-order valence-electron chi connectivity index (χ0n) is 20.2. The number of hydrogen-bond donors (Lipinski definition) is 3. The first-order valence-electron chi connectivity index (χ1n) is 10.6. The molecule has 15 nitrogen and oxygen atoms in total. The maximum atomic E-state index is 12.8. The second kappa shape index (κ2) is 14.9. The number of methoxy groups -OCH3 is 1. The van der Waals surface area contributed by atoms with E-state index in [1.54, 1.807) is 18.2 Å². The van der Waals surface area contributed by atoms with E-state index in [1.807, 2.05) is 0 Å². The van der Waals surface area contributed by atoms with E-state index in [0.29, 0.717) is 17.1 Å². The van der Waals surface area contributed by atoms with E-state index in [9.17, 15) is 21.6 Å². The normalized spacial score (nSPS) is 12.0. The van der Waals surface area contributed by atoms with Crippen LogP contribution in [0.25, 0.3) is 0 Å². The van der Waals surface area contributed by atoms with Crippen LogP contribution in [-0.2, 0) is 33.5 Å². The van der Waals surface area contributed by atoms with Crippen molar-refractivity contribution in [3.05, 3.63) is 48.0 Å². The van der Waals surface area contributed by atoms with Crippen LogP contribution in [0.15, 0.2) is 52.7 Å². The fourth-order valence-electron chi connectivity index (χ4n) is 2.78. The van der Waals surface area contributed by atoms with Gasteiger partial charge in [0.05, 0.1) is 30.9 Å². The minimum atomic E-state index is -4.21. The number of anilines is 1. The van der Waals surface area contributed by atoms with Crippen LogP contribution < -0.4 is 10.1 Å². The molecular formula is C20H26N4O11S3. The van der Waals surface area contributed by atoms with E-state index in [2.05, 4.69) is 24.9 Å². The summed E-state index contributed by atoms with van der Waals surface area (Å²) in [4.78, 5) is 14.0. The number of nitrogens with one attached hydrogen (secondary N) is 1. The van der Waals surface area contributed by atoms with Crippen LogP contribution in [0.3, 0.4) is 0 Å². The van der Waals surface area contributed by atoms with Crippen molar-refractivity contribution in [3.63, 3.8) is 0 Å². The molecule has 0 unspecified atom stereocenters. The third kappa shape index (κ3) is 11.3. The Hall–Kier alpha value is -2.84. The van der Waals surface area contributed by atoms with Crippen LogP contribution in [0.2, 0.25) is 0 Å². The maximum absolute atomic E-state index is 12.8. The number of carbonyl (C=O) groups is 1. The first-order chi connectivity index (χ1) is 17.9. The highest BCUT2D eigenvalue weighted by Gasteiger charge is 2.17. The predicted octanol–water partition coefficient (Wildman–Crippen LogP) is 2.86. The second-order valence-electron chi connectivity index (χ2n) is 7.45. The molecule has 2 rings (SSSR count). The van der Waals surface area contributed by atoms with Gasteiger partial charge in [0.15, 0.2) is 22.2 Å². The lowest BCUT2D eigenvalue weighted by molar-refractivity contribution is -0.434.